The van der Waals surface area contributed by atoms with E-state index < -0.39 is 17.4 Å². The van der Waals surface area contributed by atoms with Crippen LogP contribution in [-0.4, -0.2) is 58.5 Å². The van der Waals surface area contributed by atoms with E-state index in [2.05, 4.69) is 22.8 Å². The number of amides is 2. The molecule has 0 saturated carbocycles. The van der Waals surface area contributed by atoms with E-state index in [4.69, 9.17) is 4.98 Å². The van der Waals surface area contributed by atoms with Crippen molar-refractivity contribution < 1.29 is 19.5 Å². The molecule has 0 spiro atoms. The zero-order chi connectivity index (χ0) is 24.6. The Labute approximate surface area is 202 Å². The van der Waals surface area contributed by atoms with Crippen molar-refractivity contribution >= 4 is 23.6 Å². The molecule has 1 fully saturated rings. The zero-order valence-electron chi connectivity index (χ0n) is 20.7. The van der Waals surface area contributed by atoms with Gasteiger partial charge >= 0.3 is 5.97 Å². The lowest BCUT2D eigenvalue weighted by Gasteiger charge is -2.38. The molecule has 1 atom stereocenters. The second-order valence-electron chi connectivity index (χ2n) is 10.1. The van der Waals surface area contributed by atoms with Crippen molar-refractivity contribution in [3.63, 3.8) is 0 Å². The van der Waals surface area contributed by atoms with E-state index in [9.17, 15) is 19.5 Å². The van der Waals surface area contributed by atoms with Crippen LogP contribution >= 0.6 is 0 Å². The fourth-order valence-electron chi connectivity index (χ4n) is 4.83. The van der Waals surface area contributed by atoms with Gasteiger partial charge in [0.15, 0.2) is 0 Å². The molecule has 34 heavy (non-hydrogen) atoms. The summed E-state index contributed by atoms with van der Waals surface area (Å²) < 4.78 is 0. The monoisotopic (exact) mass is 472 g/mol. The van der Waals surface area contributed by atoms with E-state index >= 15 is 0 Å². The molecule has 3 rings (SSSR count). The summed E-state index contributed by atoms with van der Waals surface area (Å²) in [5.74, 6) is -0.133. The van der Waals surface area contributed by atoms with Gasteiger partial charge in [-0.3, -0.25) is 9.59 Å². The number of rotatable bonds is 11. The number of unbranched alkanes of at least 4 members (excludes halogenated alkanes) is 4. The maximum atomic E-state index is 12.8. The quantitative estimate of drug-likeness (QED) is 0.425. The summed E-state index contributed by atoms with van der Waals surface area (Å²) in [5.41, 5.74) is 1.81. The van der Waals surface area contributed by atoms with Crippen molar-refractivity contribution in [3.8, 4) is 0 Å². The number of piperidine rings is 1. The van der Waals surface area contributed by atoms with Crippen LogP contribution in [0.5, 0.6) is 0 Å². The molecule has 1 unspecified atom stereocenters. The van der Waals surface area contributed by atoms with E-state index in [0.717, 1.165) is 63.0 Å². The largest absolute Gasteiger partial charge is 0.480 e. The molecule has 0 bridgehead atoms. The van der Waals surface area contributed by atoms with Crippen LogP contribution in [0, 0.1) is 5.41 Å². The maximum absolute atomic E-state index is 12.8. The van der Waals surface area contributed by atoms with Crippen molar-refractivity contribution in [2.75, 3.05) is 25.0 Å². The Hall–Kier alpha value is -2.64. The van der Waals surface area contributed by atoms with Gasteiger partial charge in [0, 0.05) is 37.7 Å². The fourth-order valence-corrected chi connectivity index (χ4v) is 4.83. The van der Waals surface area contributed by atoms with Gasteiger partial charge in [0.25, 0.3) is 0 Å². The van der Waals surface area contributed by atoms with Gasteiger partial charge in [0.1, 0.15) is 11.9 Å². The minimum Gasteiger partial charge on any atom is -0.480 e. The first-order chi connectivity index (χ1) is 16.3. The Morgan fingerprint density at radius 1 is 1.15 bits per heavy atom. The van der Waals surface area contributed by atoms with Gasteiger partial charge in [-0.2, -0.15) is 0 Å². The molecular weight excluding hydrogens is 432 g/mol. The first-order valence-electron chi connectivity index (χ1n) is 12.8. The molecule has 2 amide bonds. The minimum atomic E-state index is -0.981. The van der Waals surface area contributed by atoms with Crippen LogP contribution in [0.2, 0.25) is 0 Å². The van der Waals surface area contributed by atoms with Crippen LogP contribution in [0.1, 0.15) is 82.9 Å². The second kappa shape index (κ2) is 12.2. The Kier molecular flexibility index (Phi) is 9.30. The number of carboxylic acid groups (broad SMARTS) is 1. The lowest BCUT2D eigenvalue weighted by atomic mass is 9.79. The molecule has 0 aromatic carbocycles. The molecule has 3 N–H and O–H groups in total. The van der Waals surface area contributed by atoms with Crippen LogP contribution < -0.4 is 10.6 Å². The summed E-state index contributed by atoms with van der Waals surface area (Å²) in [4.78, 5) is 42.5. The topological polar surface area (TPSA) is 112 Å². The van der Waals surface area contributed by atoms with E-state index in [0.29, 0.717) is 32.4 Å². The number of likely N-dealkylation sites (tertiary alicyclic amines) is 1. The lowest BCUT2D eigenvalue weighted by Crippen LogP contribution is -2.52. The lowest BCUT2D eigenvalue weighted by molar-refractivity contribution is -0.145. The van der Waals surface area contributed by atoms with Crippen molar-refractivity contribution in [2.24, 2.45) is 5.41 Å². The first-order valence-corrected chi connectivity index (χ1v) is 12.8. The van der Waals surface area contributed by atoms with Crippen LogP contribution in [0.3, 0.4) is 0 Å². The van der Waals surface area contributed by atoms with Gasteiger partial charge in [0.05, 0.1) is 0 Å². The summed E-state index contributed by atoms with van der Waals surface area (Å²) in [7, 11) is 0. The third kappa shape index (κ3) is 7.18. The van der Waals surface area contributed by atoms with E-state index in [1.165, 1.54) is 18.9 Å². The van der Waals surface area contributed by atoms with Gasteiger partial charge in [-0.05, 0) is 56.6 Å². The van der Waals surface area contributed by atoms with Crippen LogP contribution in [0.25, 0.3) is 0 Å². The Bertz CT molecular complexity index is 864. The Morgan fingerprint density at radius 3 is 2.56 bits per heavy atom. The number of carbonyl (C=O) groups is 3. The molecule has 8 nitrogen and oxygen atoms in total. The summed E-state index contributed by atoms with van der Waals surface area (Å²) in [6, 6.07) is 3.47. The number of aromatic nitrogens is 1. The van der Waals surface area contributed by atoms with Crippen molar-refractivity contribution in [1.29, 1.82) is 0 Å². The second-order valence-corrected chi connectivity index (χ2v) is 10.1. The molecule has 1 aromatic rings. The first kappa shape index (κ1) is 26.0. The van der Waals surface area contributed by atoms with Gasteiger partial charge in [0.2, 0.25) is 11.8 Å². The van der Waals surface area contributed by atoms with Gasteiger partial charge < -0.3 is 20.6 Å². The Balaban J connectivity index is 1.33. The van der Waals surface area contributed by atoms with E-state index in [-0.39, 0.29) is 11.8 Å². The highest BCUT2D eigenvalue weighted by Crippen LogP contribution is 2.31. The predicted molar refractivity (Wildman–Crippen MR) is 132 cm³/mol. The maximum Gasteiger partial charge on any atom is 0.326 e. The molecule has 188 valence electrons. The predicted octanol–water partition coefficient (Wildman–Crippen LogP) is 3.54. The molecule has 1 aromatic heterocycles. The fraction of sp³-hybridized carbons (Fsp3) is 0.692. The molecule has 0 radical (unpaired) electrons. The number of anilines is 1. The highest BCUT2D eigenvalue weighted by molar-refractivity contribution is 5.87. The van der Waals surface area contributed by atoms with Gasteiger partial charge in [-0.25, -0.2) is 9.78 Å². The number of carbonyl (C=O) groups excluding carboxylic acids is 2. The number of hydrogen-bond donors (Lipinski definition) is 3. The average Bonchev–Trinajstić information content (AvgIpc) is 2.82. The number of nitrogens with zero attached hydrogens (tertiary/aromatic N) is 2. The number of pyridine rings is 1. The average molecular weight is 473 g/mol. The van der Waals surface area contributed by atoms with Crippen LogP contribution in [0.15, 0.2) is 12.1 Å². The number of aryl methyl sites for hydroxylation is 2. The van der Waals surface area contributed by atoms with Crippen LogP contribution in [0.4, 0.5) is 5.82 Å². The van der Waals surface area contributed by atoms with Gasteiger partial charge in [-0.1, -0.05) is 38.7 Å². The molecule has 8 heteroatoms. The zero-order valence-corrected chi connectivity index (χ0v) is 20.7. The SMILES string of the molecule is CC(=O)N1CCC(C)(C(=O)NC(CCCCCCCc2ccc3c(n2)NCCC3)C(=O)O)CC1. The smallest absolute Gasteiger partial charge is 0.326 e. The van der Waals surface area contributed by atoms with E-state index in [1.54, 1.807) is 4.90 Å². The standard InChI is InChI=1S/C26H40N4O4/c1-19(31)30-17-14-26(2,15-18-30)25(34)29-22(24(32)33)11-7-5-3-4-6-10-21-13-12-20-9-8-16-27-23(20)28-21/h12-13,22H,3-11,14-18H2,1-2H3,(H,27,28)(H,29,34)(H,32,33). The van der Waals surface area contributed by atoms with Gasteiger partial charge in [-0.15, -0.1) is 0 Å². The summed E-state index contributed by atoms with van der Waals surface area (Å²) >= 11 is 0. The summed E-state index contributed by atoms with van der Waals surface area (Å²) in [6.45, 7) is 5.47. The normalized spacial score (nSPS) is 17.9. The molecule has 2 aliphatic heterocycles. The molecule has 2 aliphatic rings. The highest BCUT2D eigenvalue weighted by Gasteiger charge is 2.39. The van der Waals surface area contributed by atoms with Crippen molar-refractivity contribution in [1.82, 2.24) is 15.2 Å². The molecular formula is C26H40N4O4. The number of carboxylic acids is 1. The van der Waals surface area contributed by atoms with Crippen molar-refractivity contribution in [2.45, 2.75) is 90.5 Å². The molecule has 0 aliphatic carbocycles. The molecule has 1 saturated heterocycles. The summed E-state index contributed by atoms with van der Waals surface area (Å²) in [6.07, 6.45) is 9.70. The van der Waals surface area contributed by atoms with E-state index in [1.807, 2.05) is 6.92 Å². The number of aliphatic carboxylic acids is 1. The van der Waals surface area contributed by atoms with Crippen molar-refractivity contribution in [3.05, 3.63) is 23.4 Å². The Morgan fingerprint density at radius 2 is 1.85 bits per heavy atom. The highest BCUT2D eigenvalue weighted by atomic mass is 16.4. The third-order valence-corrected chi connectivity index (χ3v) is 7.34. The number of hydrogen-bond acceptors (Lipinski definition) is 5. The third-order valence-electron chi connectivity index (χ3n) is 7.34. The summed E-state index contributed by atoms with van der Waals surface area (Å²) in [5, 5.41) is 15.7. The molecule has 3 heterocycles. The van der Waals surface area contributed by atoms with Crippen LogP contribution in [-0.2, 0) is 27.2 Å². The number of nitrogens with one attached hydrogen (secondary N) is 2. The number of fused-ring (bicyclic) bond motifs is 1. The minimum absolute atomic E-state index is 0.0156.